The first-order valence-electron chi connectivity index (χ1n) is 7.04. The Morgan fingerprint density at radius 2 is 2.05 bits per heavy atom. The Bertz CT molecular complexity index is 684. The molecule has 110 valence electrons. The normalized spacial score (nSPS) is 16.4. The molecule has 4 nitrogen and oxygen atoms in total. The number of aromatic amines is 1. The molecule has 5 heteroatoms. The van der Waals surface area contributed by atoms with Crippen LogP contribution in [-0.4, -0.2) is 24.5 Å². The Labute approximate surface area is 129 Å². The van der Waals surface area contributed by atoms with Gasteiger partial charge >= 0.3 is 0 Å². The number of halogens is 1. The van der Waals surface area contributed by atoms with Crippen molar-refractivity contribution in [2.24, 2.45) is 0 Å². The quantitative estimate of drug-likeness (QED) is 0.849. The van der Waals surface area contributed by atoms with Crippen LogP contribution < -0.4 is 10.2 Å². The molecule has 0 saturated heterocycles. The summed E-state index contributed by atoms with van der Waals surface area (Å²) >= 11 is 0. The zero-order valence-corrected chi connectivity index (χ0v) is 12.7. The Balaban J connectivity index is 0.00000132. The highest BCUT2D eigenvalue weighted by Crippen LogP contribution is 2.32. The zero-order valence-electron chi connectivity index (χ0n) is 11.9. The molecule has 0 radical (unpaired) electrons. The van der Waals surface area contributed by atoms with E-state index in [0.717, 1.165) is 36.5 Å². The molecule has 0 aliphatic carbocycles. The molecule has 0 saturated carbocycles. The van der Waals surface area contributed by atoms with Crippen molar-refractivity contribution in [1.29, 1.82) is 0 Å². The molecule has 0 spiro atoms. The van der Waals surface area contributed by atoms with Crippen molar-refractivity contribution in [2.75, 3.05) is 18.5 Å². The number of benzene rings is 1. The molecule has 4 rings (SSSR count). The summed E-state index contributed by atoms with van der Waals surface area (Å²) in [6.07, 6.45) is 1.57. The molecule has 21 heavy (non-hydrogen) atoms. The van der Waals surface area contributed by atoms with Crippen LogP contribution in [0.2, 0.25) is 0 Å². The number of nitrogens with one attached hydrogen (secondary N) is 2. The van der Waals surface area contributed by atoms with E-state index in [1.807, 2.05) is 13.1 Å². The molecular weight excluding hydrogens is 286 g/mol. The van der Waals surface area contributed by atoms with E-state index in [9.17, 15) is 4.79 Å². The van der Waals surface area contributed by atoms with Gasteiger partial charge in [-0.3, -0.25) is 4.79 Å². The van der Waals surface area contributed by atoms with E-state index in [1.54, 1.807) is 4.90 Å². The van der Waals surface area contributed by atoms with Crippen molar-refractivity contribution in [2.45, 2.75) is 19.4 Å². The summed E-state index contributed by atoms with van der Waals surface area (Å²) in [4.78, 5) is 17.0. The Morgan fingerprint density at radius 3 is 2.86 bits per heavy atom. The first-order valence-corrected chi connectivity index (χ1v) is 7.04. The minimum absolute atomic E-state index is 0. The second kappa shape index (κ2) is 5.20. The van der Waals surface area contributed by atoms with Crippen LogP contribution >= 0.6 is 12.4 Å². The minimum Gasteiger partial charge on any atom is -0.358 e. The first kappa shape index (κ1) is 14.2. The molecule has 1 amide bonds. The third kappa shape index (κ3) is 2.24. The van der Waals surface area contributed by atoms with Crippen LogP contribution in [0.4, 0.5) is 5.69 Å². The summed E-state index contributed by atoms with van der Waals surface area (Å²) in [5.41, 5.74) is 7.19. The number of H-pyrrole nitrogens is 1. The highest BCUT2D eigenvalue weighted by atomic mass is 35.5. The minimum atomic E-state index is 0. The predicted molar refractivity (Wildman–Crippen MR) is 86.0 cm³/mol. The number of hydrogen-bond acceptors (Lipinski definition) is 2. The second-order valence-corrected chi connectivity index (χ2v) is 5.59. The van der Waals surface area contributed by atoms with Gasteiger partial charge in [-0.1, -0.05) is 6.07 Å². The summed E-state index contributed by atoms with van der Waals surface area (Å²) in [5.74, 6) is 0.173. The van der Waals surface area contributed by atoms with Gasteiger partial charge in [-0.2, -0.15) is 0 Å². The lowest BCUT2D eigenvalue weighted by atomic mass is 10.1. The zero-order chi connectivity index (χ0) is 13.7. The number of rotatable bonds is 1. The van der Waals surface area contributed by atoms with Gasteiger partial charge in [0.25, 0.3) is 0 Å². The number of carbonyl (C=O) groups excluding carboxylic acids is 1. The van der Waals surface area contributed by atoms with Crippen LogP contribution in [0.5, 0.6) is 0 Å². The van der Waals surface area contributed by atoms with Gasteiger partial charge in [-0.05, 0) is 34.9 Å². The highest BCUT2D eigenvalue weighted by Gasteiger charge is 2.24. The fourth-order valence-electron chi connectivity index (χ4n) is 3.15. The molecule has 1 aromatic heterocycles. The van der Waals surface area contributed by atoms with Crippen molar-refractivity contribution in [3.8, 4) is 11.3 Å². The molecule has 2 aromatic rings. The van der Waals surface area contributed by atoms with Gasteiger partial charge in [-0.15, -0.1) is 12.4 Å². The number of hydrogen-bond donors (Lipinski definition) is 2. The van der Waals surface area contributed by atoms with Gasteiger partial charge in [-0.25, -0.2) is 0 Å². The van der Waals surface area contributed by atoms with Gasteiger partial charge in [0, 0.05) is 43.6 Å². The maximum absolute atomic E-state index is 11.7. The predicted octanol–water partition coefficient (Wildman–Crippen LogP) is 2.27. The number of amides is 1. The van der Waals surface area contributed by atoms with E-state index in [1.165, 1.54) is 16.8 Å². The fourth-order valence-corrected chi connectivity index (χ4v) is 3.15. The van der Waals surface area contributed by atoms with E-state index in [0.29, 0.717) is 6.42 Å². The van der Waals surface area contributed by atoms with Gasteiger partial charge in [0.1, 0.15) is 0 Å². The van der Waals surface area contributed by atoms with E-state index in [2.05, 4.69) is 28.5 Å². The Morgan fingerprint density at radius 1 is 1.19 bits per heavy atom. The van der Waals surface area contributed by atoms with E-state index < -0.39 is 0 Å². The average molecular weight is 304 g/mol. The maximum Gasteiger partial charge on any atom is 0.231 e. The first-order chi connectivity index (χ1) is 9.72. The summed E-state index contributed by atoms with van der Waals surface area (Å²) in [6, 6.07) is 8.51. The van der Waals surface area contributed by atoms with Crippen LogP contribution in [0.3, 0.4) is 0 Å². The number of nitrogens with zero attached hydrogens (tertiary/aromatic N) is 1. The largest absolute Gasteiger partial charge is 0.358 e. The monoisotopic (exact) mass is 303 g/mol. The second-order valence-electron chi connectivity index (χ2n) is 5.59. The molecule has 2 aliphatic heterocycles. The van der Waals surface area contributed by atoms with Gasteiger partial charge in [0.15, 0.2) is 0 Å². The summed E-state index contributed by atoms with van der Waals surface area (Å²) in [6.45, 7) is 1.98. The molecule has 2 aliphatic rings. The van der Waals surface area contributed by atoms with Crippen LogP contribution in [0.25, 0.3) is 11.3 Å². The average Bonchev–Trinajstić information content (AvgIpc) is 3.01. The number of likely N-dealkylation sites (N-methyl/N-ethyl adjacent to an activating group) is 1. The number of anilines is 1. The van der Waals surface area contributed by atoms with E-state index in [4.69, 9.17) is 0 Å². The van der Waals surface area contributed by atoms with Gasteiger partial charge in [0.2, 0.25) is 5.91 Å². The van der Waals surface area contributed by atoms with E-state index in [-0.39, 0.29) is 18.3 Å². The van der Waals surface area contributed by atoms with Crippen molar-refractivity contribution >= 4 is 24.0 Å². The Kier molecular flexibility index (Phi) is 3.51. The molecule has 0 bridgehead atoms. The van der Waals surface area contributed by atoms with Crippen LogP contribution in [0, 0.1) is 0 Å². The summed E-state index contributed by atoms with van der Waals surface area (Å²) < 4.78 is 0. The smallest absolute Gasteiger partial charge is 0.231 e. The maximum atomic E-state index is 11.7. The van der Waals surface area contributed by atoms with Crippen LogP contribution in [-0.2, 0) is 24.2 Å². The molecule has 0 atom stereocenters. The number of fused-ring (bicyclic) bond motifs is 2. The highest BCUT2D eigenvalue weighted by molar-refractivity contribution is 6.01. The lowest BCUT2D eigenvalue weighted by Crippen LogP contribution is -2.22. The molecule has 0 unspecified atom stereocenters. The standard InChI is InChI=1S/C16H17N3O.ClH/c1-19-15-3-2-10(6-11(15)8-16(19)20)14-7-12-9-17-5-4-13(12)18-14;/h2-3,6-7,17-18H,4-5,8-9H2,1H3;1H. The summed E-state index contributed by atoms with van der Waals surface area (Å²) in [5, 5.41) is 3.39. The topological polar surface area (TPSA) is 48.1 Å². The molecule has 0 fully saturated rings. The van der Waals surface area contributed by atoms with E-state index >= 15 is 0 Å². The molecule has 1 aromatic carbocycles. The third-order valence-corrected chi connectivity index (χ3v) is 4.33. The lowest BCUT2D eigenvalue weighted by Gasteiger charge is -2.11. The van der Waals surface area contributed by atoms with Gasteiger partial charge in [0.05, 0.1) is 6.42 Å². The number of carbonyl (C=O) groups is 1. The van der Waals surface area contributed by atoms with Crippen molar-refractivity contribution < 1.29 is 4.79 Å². The lowest BCUT2D eigenvalue weighted by molar-refractivity contribution is -0.117. The van der Waals surface area contributed by atoms with Crippen molar-refractivity contribution in [3.05, 3.63) is 41.1 Å². The third-order valence-electron chi connectivity index (χ3n) is 4.33. The number of aromatic nitrogens is 1. The SMILES string of the molecule is CN1C(=O)Cc2cc(-c3cc4c([nH]3)CCNC4)ccc21.Cl. The van der Waals surface area contributed by atoms with Crippen LogP contribution in [0.15, 0.2) is 24.3 Å². The van der Waals surface area contributed by atoms with Crippen LogP contribution in [0.1, 0.15) is 16.8 Å². The van der Waals surface area contributed by atoms with Gasteiger partial charge < -0.3 is 15.2 Å². The van der Waals surface area contributed by atoms with Crippen molar-refractivity contribution in [1.82, 2.24) is 10.3 Å². The summed E-state index contributed by atoms with van der Waals surface area (Å²) in [7, 11) is 1.84. The molecular formula is C16H18ClN3O. The fraction of sp³-hybridized carbons (Fsp3) is 0.312. The Hall–Kier alpha value is -1.78. The van der Waals surface area contributed by atoms with Crippen molar-refractivity contribution in [3.63, 3.8) is 0 Å². The molecule has 3 heterocycles. The molecule has 2 N–H and O–H groups in total.